The molecule has 0 spiro atoms. The quantitative estimate of drug-likeness (QED) is 0.284. The van der Waals surface area contributed by atoms with Crippen molar-refractivity contribution in [3.05, 3.63) is 77.7 Å². The zero-order valence-electron chi connectivity index (χ0n) is 16.9. The van der Waals surface area contributed by atoms with E-state index in [1.165, 1.54) is 5.56 Å². The molecular formula is C22H27IN4O2. The van der Waals surface area contributed by atoms with Crippen molar-refractivity contribution in [3.8, 4) is 11.5 Å². The van der Waals surface area contributed by atoms with Crippen molar-refractivity contribution in [3.63, 3.8) is 0 Å². The van der Waals surface area contributed by atoms with Crippen LogP contribution in [0.25, 0.3) is 11.5 Å². The molecule has 6 nitrogen and oxygen atoms in total. The zero-order valence-corrected chi connectivity index (χ0v) is 19.2. The Balaban J connectivity index is 0.00000300. The summed E-state index contributed by atoms with van der Waals surface area (Å²) in [6.45, 7) is 3.17. The van der Waals surface area contributed by atoms with E-state index in [2.05, 4.69) is 27.5 Å². The number of hydrogen-bond donors (Lipinski definition) is 2. The molecule has 2 N–H and O–H groups in total. The van der Waals surface area contributed by atoms with Crippen LogP contribution in [0.4, 0.5) is 0 Å². The van der Waals surface area contributed by atoms with E-state index >= 15 is 0 Å². The molecule has 0 fully saturated rings. The van der Waals surface area contributed by atoms with Gasteiger partial charge in [0.2, 0.25) is 5.89 Å². The Labute approximate surface area is 188 Å². The van der Waals surface area contributed by atoms with Gasteiger partial charge in [-0.05, 0) is 24.6 Å². The van der Waals surface area contributed by atoms with Gasteiger partial charge in [0.25, 0.3) is 0 Å². The van der Waals surface area contributed by atoms with Crippen molar-refractivity contribution in [2.45, 2.75) is 19.6 Å². The number of oxazole rings is 1. The zero-order chi connectivity index (χ0) is 19.8. The Morgan fingerprint density at radius 1 is 1.10 bits per heavy atom. The van der Waals surface area contributed by atoms with Gasteiger partial charge >= 0.3 is 0 Å². The summed E-state index contributed by atoms with van der Waals surface area (Å²) in [5.41, 5.74) is 4.10. The third-order valence-electron chi connectivity index (χ3n) is 4.42. The minimum Gasteiger partial charge on any atom is -0.444 e. The smallest absolute Gasteiger partial charge is 0.226 e. The van der Waals surface area contributed by atoms with E-state index in [0.717, 1.165) is 16.8 Å². The van der Waals surface area contributed by atoms with E-state index in [9.17, 15) is 0 Å². The van der Waals surface area contributed by atoms with Crippen LogP contribution in [0.15, 0.2) is 70.3 Å². The molecule has 0 aliphatic heterocycles. The third-order valence-corrected chi connectivity index (χ3v) is 4.42. The van der Waals surface area contributed by atoms with Crippen molar-refractivity contribution < 1.29 is 9.15 Å². The number of halogens is 1. The molecule has 1 unspecified atom stereocenters. The molecule has 2 aromatic carbocycles. The van der Waals surface area contributed by atoms with Gasteiger partial charge in [0.15, 0.2) is 5.96 Å². The molecule has 3 rings (SSSR count). The average Bonchev–Trinajstić information content (AvgIpc) is 3.21. The van der Waals surface area contributed by atoms with E-state index in [0.29, 0.717) is 24.9 Å². The second kappa shape index (κ2) is 11.6. The topological polar surface area (TPSA) is 71.7 Å². The molecule has 3 aromatic rings. The minimum atomic E-state index is -0.0556. The molecule has 29 heavy (non-hydrogen) atoms. The highest BCUT2D eigenvalue weighted by Crippen LogP contribution is 2.19. The number of aryl methyl sites for hydroxylation is 1. The van der Waals surface area contributed by atoms with E-state index in [-0.39, 0.29) is 30.1 Å². The molecule has 0 saturated carbocycles. The summed E-state index contributed by atoms with van der Waals surface area (Å²) < 4.78 is 11.2. The highest BCUT2D eigenvalue weighted by molar-refractivity contribution is 14.0. The van der Waals surface area contributed by atoms with Gasteiger partial charge in [0.05, 0.1) is 18.3 Å². The van der Waals surface area contributed by atoms with Crippen molar-refractivity contribution >= 4 is 29.9 Å². The number of guanidine groups is 1. The highest BCUT2D eigenvalue weighted by atomic mass is 127. The van der Waals surface area contributed by atoms with Gasteiger partial charge in [-0.3, -0.25) is 4.99 Å². The second-order valence-electron chi connectivity index (χ2n) is 6.45. The second-order valence-corrected chi connectivity index (χ2v) is 6.45. The van der Waals surface area contributed by atoms with Crippen LogP contribution in [0.5, 0.6) is 0 Å². The highest BCUT2D eigenvalue weighted by Gasteiger charge is 2.11. The van der Waals surface area contributed by atoms with Crippen LogP contribution in [-0.2, 0) is 11.3 Å². The summed E-state index contributed by atoms with van der Waals surface area (Å²) in [4.78, 5) is 8.80. The number of aromatic nitrogens is 1. The molecule has 1 atom stereocenters. The summed E-state index contributed by atoms with van der Waals surface area (Å²) in [5.74, 6) is 1.29. The molecule has 0 saturated heterocycles. The van der Waals surface area contributed by atoms with E-state index in [4.69, 9.17) is 9.15 Å². The van der Waals surface area contributed by atoms with Gasteiger partial charge in [-0.1, -0.05) is 48.0 Å². The van der Waals surface area contributed by atoms with Crippen molar-refractivity contribution in [1.82, 2.24) is 15.6 Å². The van der Waals surface area contributed by atoms with E-state index < -0.39 is 0 Å². The first-order chi connectivity index (χ1) is 13.7. The Bertz CT molecular complexity index is 895. The maximum Gasteiger partial charge on any atom is 0.226 e. The van der Waals surface area contributed by atoms with Crippen molar-refractivity contribution in [1.29, 1.82) is 0 Å². The largest absolute Gasteiger partial charge is 0.444 e. The summed E-state index contributed by atoms with van der Waals surface area (Å²) in [6.07, 6.45) is 1.61. The normalized spacial score (nSPS) is 12.2. The molecule has 1 heterocycles. The molecular weight excluding hydrogens is 479 g/mol. The maximum atomic E-state index is 5.60. The number of aliphatic imine (C=N–C) groups is 1. The fourth-order valence-corrected chi connectivity index (χ4v) is 2.81. The fraction of sp³-hybridized carbons (Fsp3) is 0.273. The third kappa shape index (κ3) is 6.57. The van der Waals surface area contributed by atoms with Crippen LogP contribution in [0.1, 0.15) is 22.9 Å². The first-order valence-electron chi connectivity index (χ1n) is 9.23. The van der Waals surface area contributed by atoms with Crippen LogP contribution < -0.4 is 10.6 Å². The average molecular weight is 506 g/mol. The lowest BCUT2D eigenvalue weighted by Gasteiger charge is -2.18. The lowest BCUT2D eigenvalue weighted by Crippen LogP contribution is -2.39. The lowest BCUT2D eigenvalue weighted by atomic mass is 10.1. The Morgan fingerprint density at radius 2 is 1.83 bits per heavy atom. The predicted octanol–water partition coefficient (Wildman–Crippen LogP) is 4.32. The molecule has 0 aliphatic carbocycles. The fourth-order valence-electron chi connectivity index (χ4n) is 2.81. The van der Waals surface area contributed by atoms with Crippen molar-refractivity contribution in [2.75, 3.05) is 20.7 Å². The number of methoxy groups -OCH3 is 1. The van der Waals surface area contributed by atoms with Gasteiger partial charge in [0.1, 0.15) is 6.26 Å². The van der Waals surface area contributed by atoms with Gasteiger partial charge in [0, 0.05) is 26.3 Å². The number of nitrogens with one attached hydrogen (secondary N) is 2. The van der Waals surface area contributed by atoms with Gasteiger partial charge in [-0.25, -0.2) is 4.98 Å². The summed E-state index contributed by atoms with van der Waals surface area (Å²) in [7, 11) is 3.44. The Kier molecular flexibility index (Phi) is 9.14. The van der Waals surface area contributed by atoms with Crippen LogP contribution >= 0.6 is 24.0 Å². The number of benzene rings is 2. The van der Waals surface area contributed by atoms with Crippen molar-refractivity contribution in [2.24, 2.45) is 4.99 Å². The molecule has 7 heteroatoms. The molecule has 0 aliphatic rings. The van der Waals surface area contributed by atoms with Crippen LogP contribution in [0, 0.1) is 6.92 Å². The van der Waals surface area contributed by atoms with E-state index in [1.807, 2.05) is 54.6 Å². The summed E-state index contributed by atoms with van der Waals surface area (Å²) in [6, 6.07) is 18.2. The number of nitrogens with zero attached hydrogens (tertiary/aromatic N) is 2. The van der Waals surface area contributed by atoms with Crippen LogP contribution in [0.2, 0.25) is 0 Å². The number of rotatable bonds is 7. The first-order valence-corrected chi connectivity index (χ1v) is 9.23. The summed E-state index contributed by atoms with van der Waals surface area (Å²) >= 11 is 0. The van der Waals surface area contributed by atoms with E-state index in [1.54, 1.807) is 20.4 Å². The van der Waals surface area contributed by atoms with Gasteiger partial charge < -0.3 is 19.8 Å². The van der Waals surface area contributed by atoms with Crippen LogP contribution in [-0.4, -0.2) is 31.6 Å². The molecule has 0 bridgehead atoms. The van der Waals surface area contributed by atoms with Gasteiger partial charge in [-0.2, -0.15) is 0 Å². The SMILES string of the molecule is CN=C(NCc1coc(-c2ccc(C)cc2)n1)NCC(OC)c1ccccc1.I. The molecule has 1 aromatic heterocycles. The Hall–Kier alpha value is -2.39. The predicted molar refractivity (Wildman–Crippen MR) is 126 cm³/mol. The Morgan fingerprint density at radius 3 is 2.48 bits per heavy atom. The maximum absolute atomic E-state index is 5.60. The lowest BCUT2D eigenvalue weighted by molar-refractivity contribution is 0.106. The number of ether oxygens (including phenoxy) is 1. The molecule has 0 amide bonds. The van der Waals surface area contributed by atoms with Crippen LogP contribution in [0.3, 0.4) is 0 Å². The molecule has 0 radical (unpaired) electrons. The molecule has 154 valence electrons. The minimum absolute atomic E-state index is 0. The van der Waals surface area contributed by atoms with Gasteiger partial charge in [-0.15, -0.1) is 24.0 Å². The standard InChI is InChI=1S/C22H26N4O2.HI/c1-16-9-11-18(12-10-16)21-26-19(15-28-21)13-24-22(23-2)25-14-20(27-3)17-7-5-4-6-8-17;/h4-12,15,20H,13-14H2,1-3H3,(H2,23,24,25);1H. The summed E-state index contributed by atoms with van der Waals surface area (Å²) in [5, 5.41) is 6.54. The monoisotopic (exact) mass is 506 g/mol. The number of hydrogen-bond acceptors (Lipinski definition) is 4. The first kappa shape index (κ1) is 22.9.